The second-order valence-corrected chi connectivity index (χ2v) is 7.26. The highest BCUT2D eigenvalue weighted by Gasteiger charge is 2.38. The van der Waals surface area contributed by atoms with Crippen molar-refractivity contribution in [1.29, 1.82) is 0 Å². The van der Waals surface area contributed by atoms with Crippen LogP contribution in [-0.4, -0.2) is 41.1 Å². The van der Waals surface area contributed by atoms with Gasteiger partial charge in [0.25, 0.3) is 0 Å². The second-order valence-electron chi connectivity index (χ2n) is 7.26. The van der Waals surface area contributed by atoms with Crippen LogP contribution in [0.3, 0.4) is 0 Å². The molecular weight excluding hydrogens is 288 g/mol. The van der Waals surface area contributed by atoms with Crippen molar-refractivity contribution >= 4 is 5.91 Å². The lowest BCUT2D eigenvalue weighted by molar-refractivity contribution is -0.119. The molecule has 126 valence electrons. The number of nitrogens with one attached hydrogen (secondary N) is 1. The molecule has 1 amide bonds. The Kier molecular flexibility index (Phi) is 4.74. The molecule has 1 unspecified atom stereocenters. The standard InChI is InChI=1S/C19H28N2O2/c1-14-5-3-4-6-18(14)19(23)10-7-17(8-11-19)21-12-9-16(13-21)20-15(2)22/h3-6,16-17,23H,7-13H2,1-2H3,(H,20,22). The summed E-state index contributed by atoms with van der Waals surface area (Å²) in [5.41, 5.74) is 1.61. The Labute approximate surface area is 138 Å². The first-order valence-electron chi connectivity index (χ1n) is 8.77. The maximum absolute atomic E-state index is 11.2. The number of rotatable bonds is 3. The fraction of sp³-hybridized carbons (Fsp3) is 0.632. The largest absolute Gasteiger partial charge is 0.385 e. The molecule has 1 aliphatic heterocycles. The predicted molar refractivity (Wildman–Crippen MR) is 91.1 cm³/mol. The molecule has 4 nitrogen and oxygen atoms in total. The topological polar surface area (TPSA) is 52.6 Å². The van der Waals surface area contributed by atoms with Crippen molar-refractivity contribution < 1.29 is 9.90 Å². The van der Waals surface area contributed by atoms with Gasteiger partial charge < -0.3 is 10.4 Å². The molecule has 4 heteroatoms. The van der Waals surface area contributed by atoms with E-state index < -0.39 is 5.60 Å². The summed E-state index contributed by atoms with van der Waals surface area (Å²) in [6, 6.07) is 9.03. The number of benzene rings is 1. The number of likely N-dealkylation sites (tertiary alicyclic amines) is 1. The van der Waals surface area contributed by atoms with E-state index in [0.717, 1.165) is 50.8 Å². The van der Waals surface area contributed by atoms with Gasteiger partial charge in [0, 0.05) is 32.1 Å². The molecule has 0 bridgehead atoms. The van der Waals surface area contributed by atoms with Crippen LogP contribution in [0.25, 0.3) is 0 Å². The van der Waals surface area contributed by atoms with E-state index >= 15 is 0 Å². The highest BCUT2D eigenvalue weighted by atomic mass is 16.3. The Bertz CT molecular complexity index is 564. The maximum Gasteiger partial charge on any atom is 0.217 e. The average Bonchev–Trinajstić information content (AvgIpc) is 2.96. The first kappa shape index (κ1) is 16.5. The van der Waals surface area contributed by atoms with Gasteiger partial charge in [0.05, 0.1) is 5.60 Å². The number of amides is 1. The summed E-state index contributed by atoms with van der Waals surface area (Å²) in [5.74, 6) is 0.0643. The predicted octanol–water partition coefficient (Wildman–Crippen LogP) is 2.34. The van der Waals surface area contributed by atoms with Gasteiger partial charge in [-0.1, -0.05) is 24.3 Å². The van der Waals surface area contributed by atoms with Gasteiger partial charge in [0.1, 0.15) is 0 Å². The van der Waals surface area contributed by atoms with Crippen molar-refractivity contribution in [2.24, 2.45) is 0 Å². The summed E-state index contributed by atoms with van der Waals surface area (Å²) in [4.78, 5) is 13.7. The van der Waals surface area contributed by atoms with Crippen LogP contribution in [0.1, 0.15) is 50.2 Å². The molecule has 2 fully saturated rings. The molecule has 1 aromatic rings. The summed E-state index contributed by atoms with van der Waals surface area (Å²) in [6.45, 7) is 5.68. The second kappa shape index (κ2) is 6.62. The summed E-state index contributed by atoms with van der Waals surface area (Å²) in [6.07, 6.45) is 4.74. The molecular formula is C19H28N2O2. The lowest BCUT2D eigenvalue weighted by Gasteiger charge is -2.40. The third kappa shape index (κ3) is 3.59. The molecule has 1 aliphatic carbocycles. The third-order valence-electron chi connectivity index (χ3n) is 5.57. The SMILES string of the molecule is CC(=O)NC1CCN(C2CCC(O)(c3ccccc3C)CC2)C1. The summed E-state index contributed by atoms with van der Waals surface area (Å²) in [7, 11) is 0. The molecule has 23 heavy (non-hydrogen) atoms. The van der Waals surface area contributed by atoms with Crippen LogP contribution in [0.15, 0.2) is 24.3 Å². The lowest BCUT2D eigenvalue weighted by atomic mass is 9.76. The number of nitrogens with zero attached hydrogens (tertiary/aromatic N) is 1. The van der Waals surface area contributed by atoms with E-state index in [4.69, 9.17) is 0 Å². The van der Waals surface area contributed by atoms with Gasteiger partial charge in [-0.25, -0.2) is 0 Å². The highest BCUT2D eigenvalue weighted by molar-refractivity contribution is 5.73. The summed E-state index contributed by atoms with van der Waals surface area (Å²) in [5, 5.41) is 14.1. The minimum Gasteiger partial charge on any atom is -0.385 e. The van der Waals surface area contributed by atoms with Crippen LogP contribution in [0.5, 0.6) is 0 Å². The van der Waals surface area contributed by atoms with E-state index in [1.54, 1.807) is 6.92 Å². The van der Waals surface area contributed by atoms with Crippen molar-refractivity contribution in [1.82, 2.24) is 10.2 Å². The quantitative estimate of drug-likeness (QED) is 0.900. The summed E-state index contributed by atoms with van der Waals surface area (Å²) < 4.78 is 0. The van der Waals surface area contributed by atoms with Gasteiger partial charge in [0.2, 0.25) is 5.91 Å². The van der Waals surface area contributed by atoms with Crippen LogP contribution in [0.4, 0.5) is 0 Å². The normalized spacial score (nSPS) is 32.0. The number of aliphatic hydroxyl groups is 1. The molecule has 2 aliphatic rings. The van der Waals surface area contributed by atoms with E-state index in [0.29, 0.717) is 12.1 Å². The maximum atomic E-state index is 11.2. The molecule has 3 rings (SSSR count). The number of carbonyl (C=O) groups excluding carboxylic acids is 1. The average molecular weight is 316 g/mol. The van der Waals surface area contributed by atoms with Crippen LogP contribution in [0.2, 0.25) is 0 Å². The van der Waals surface area contributed by atoms with Gasteiger partial charge in [0.15, 0.2) is 0 Å². The van der Waals surface area contributed by atoms with Gasteiger partial charge in [-0.15, -0.1) is 0 Å². The molecule has 0 spiro atoms. The van der Waals surface area contributed by atoms with Crippen molar-refractivity contribution in [3.63, 3.8) is 0 Å². The third-order valence-corrected chi connectivity index (χ3v) is 5.57. The number of carbonyl (C=O) groups is 1. The highest BCUT2D eigenvalue weighted by Crippen LogP contribution is 2.40. The minimum absolute atomic E-state index is 0.0643. The fourth-order valence-corrected chi connectivity index (χ4v) is 4.33. The Balaban J connectivity index is 1.59. The summed E-state index contributed by atoms with van der Waals surface area (Å²) >= 11 is 0. The molecule has 0 radical (unpaired) electrons. The van der Waals surface area contributed by atoms with Crippen LogP contribution < -0.4 is 5.32 Å². The molecule has 0 aromatic heterocycles. The van der Waals surface area contributed by atoms with E-state index in [9.17, 15) is 9.90 Å². The Hall–Kier alpha value is -1.39. The van der Waals surface area contributed by atoms with Gasteiger partial charge in [-0.2, -0.15) is 0 Å². The van der Waals surface area contributed by atoms with E-state index in [2.05, 4.69) is 29.3 Å². The Morgan fingerprint density at radius 3 is 2.61 bits per heavy atom. The van der Waals surface area contributed by atoms with Gasteiger partial charge in [-0.3, -0.25) is 9.69 Å². The number of hydrogen-bond acceptors (Lipinski definition) is 3. The number of aryl methyl sites for hydroxylation is 1. The van der Waals surface area contributed by atoms with Gasteiger partial charge >= 0.3 is 0 Å². The first-order chi connectivity index (χ1) is 11.0. The Morgan fingerprint density at radius 2 is 1.96 bits per heavy atom. The number of hydrogen-bond donors (Lipinski definition) is 2. The van der Waals surface area contributed by atoms with Crippen LogP contribution in [-0.2, 0) is 10.4 Å². The van der Waals surface area contributed by atoms with Gasteiger partial charge in [-0.05, 0) is 50.2 Å². The van der Waals surface area contributed by atoms with E-state index in [1.807, 2.05) is 12.1 Å². The molecule has 1 atom stereocenters. The first-order valence-corrected chi connectivity index (χ1v) is 8.77. The van der Waals surface area contributed by atoms with Crippen molar-refractivity contribution in [2.45, 2.75) is 63.6 Å². The lowest BCUT2D eigenvalue weighted by Crippen LogP contribution is -2.43. The van der Waals surface area contributed by atoms with Crippen molar-refractivity contribution in [2.75, 3.05) is 13.1 Å². The zero-order chi connectivity index (χ0) is 16.4. The van der Waals surface area contributed by atoms with Crippen molar-refractivity contribution in [3.8, 4) is 0 Å². The van der Waals surface area contributed by atoms with Crippen LogP contribution in [0, 0.1) is 6.92 Å². The van der Waals surface area contributed by atoms with Crippen molar-refractivity contribution in [3.05, 3.63) is 35.4 Å². The fourth-order valence-electron chi connectivity index (χ4n) is 4.33. The molecule has 2 N–H and O–H groups in total. The van der Waals surface area contributed by atoms with E-state index in [-0.39, 0.29) is 5.91 Å². The smallest absolute Gasteiger partial charge is 0.217 e. The zero-order valence-electron chi connectivity index (χ0n) is 14.2. The molecule has 1 saturated heterocycles. The van der Waals surface area contributed by atoms with Crippen LogP contribution >= 0.6 is 0 Å². The molecule has 1 heterocycles. The molecule has 1 saturated carbocycles. The molecule has 1 aromatic carbocycles. The minimum atomic E-state index is -0.668. The Morgan fingerprint density at radius 1 is 1.26 bits per heavy atom. The zero-order valence-corrected chi connectivity index (χ0v) is 14.2. The monoisotopic (exact) mass is 316 g/mol. The van der Waals surface area contributed by atoms with E-state index in [1.165, 1.54) is 5.56 Å².